The Morgan fingerprint density at radius 2 is 1.93 bits per heavy atom. The summed E-state index contributed by atoms with van der Waals surface area (Å²) < 4.78 is 8.01. The molecule has 0 bridgehead atoms. The number of nitrogens with zero attached hydrogens (tertiary/aromatic N) is 5. The number of hydrogen-bond acceptors (Lipinski definition) is 6. The Hall–Kier alpha value is -3.00. The summed E-state index contributed by atoms with van der Waals surface area (Å²) in [5.74, 6) is 3.42. The predicted octanol–water partition coefficient (Wildman–Crippen LogP) is 2.36. The van der Waals surface area contributed by atoms with Crippen molar-refractivity contribution in [2.45, 2.75) is 38.8 Å². The third-order valence-electron chi connectivity index (χ3n) is 5.82. The summed E-state index contributed by atoms with van der Waals surface area (Å²) >= 11 is 0. The second-order valence-corrected chi connectivity index (χ2v) is 7.66. The largest absolute Gasteiger partial charge is 0.441 e. The van der Waals surface area contributed by atoms with E-state index in [1.165, 1.54) is 0 Å². The molecule has 0 radical (unpaired) electrons. The number of piperidine rings is 1. The second-order valence-electron chi connectivity index (χ2n) is 7.66. The molecule has 0 aliphatic carbocycles. The van der Waals surface area contributed by atoms with Gasteiger partial charge in [-0.05, 0) is 31.9 Å². The molecule has 1 saturated heterocycles. The number of aromatic nitrogens is 4. The molecule has 150 valence electrons. The molecule has 8 nitrogen and oxygen atoms in total. The standard InChI is InChI=1S/C21H24N6O2/c1-14-18(23-20(29-14)16-5-3-2-4-6-16)21(28)26-10-7-15(8-11-26)19-25-24-17-13-22-9-12-27(17)19/h2-6,15,22H,7-13H2,1H3. The molecule has 5 rings (SSSR count). The van der Waals surface area contributed by atoms with Crippen LogP contribution >= 0.6 is 0 Å². The fraction of sp³-hybridized carbons (Fsp3) is 0.429. The van der Waals surface area contributed by atoms with Crippen LogP contribution in [0, 0.1) is 6.92 Å². The van der Waals surface area contributed by atoms with Gasteiger partial charge in [-0.3, -0.25) is 4.79 Å². The minimum absolute atomic E-state index is 0.0562. The molecule has 4 heterocycles. The van der Waals surface area contributed by atoms with Crippen molar-refractivity contribution < 1.29 is 9.21 Å². The maximum Gasteiger partial charge on any atom is 0.276 e. The molecule has 2 aliphatic rings. The normalized spacial score (nSPS) is 17.3. The second kappa shape index (κ2) is 7.44. The van der Waals surface area contributed by atoms with Gasteiger partial charge in [-0.25, -0.2) is 4.98 Å². The van der Waals surface area contributed by atoms with Crippen LogP contribution < -0.4 is 5.32 Å². The highest BCUT2D eigenvalue weighted by Crippen LogP contribution is 2.29. The maximum atomic E-state index is 13.1. The van der Waals surface area contributed by atoms with Gasteiger partial charge in [-0.1, -0.05) is 18.2 Å². The first kappa shape index (κ1) is 18.1. The average molecular weight is 392 g/mol. The first-order valence-corrected chi connectivity index (χ1v) is 10.2. The van der Waals surface area contributed by atoms with E-state index in [0.29, 0.717) is 36.4 Å². The zero-order valence-electron chi connectivity index (χ0n) is 16.5. The minimum atomic E-state index is -0.0562. The Balaban J connectivity index is 1.28. The van der Waals surface area contributed by atoms with E-state index in [4.69, 9.17) is 4.42 Å². The zero-order valence-corrected chi connectivity index (χ0v) is 16.5. The van der Waals surface area contributed by atoms with E-state index in [1.54, 1.807) is 6.92 Å². The molecule has 1 aromatic carbocycles. The Kier molecular flexibility index (Phi) is 4.63. The first-order valence-electron chi connectivity index (χ1n) is 10.2. The van der Waals surface area contributed by atoms with Crippen LogP contribution in [0.3, 0.4) is 0 Å². The third kappa shape index (κ3) is 3.33. The summed E-state index contributed by atoms with van der Waals surface area (Å²) in [6.07, 6.45) is 1.78. The van der Waals surface area contributed by atoms with E-state index >= 15 is 0 Å². The smallest absolute Gasteiger partial charge is 0.276 e. The number of carbonyl (C=O) groups is 1. The zero-order chi connectivity index (χ0) is 19.8. The van der Waals surface area contributed by atoms with Crippen molar-refractivity contribution in [1.82, 2.24) is 30.0 Å². The van der Waals surface area contributed by atoms with Crippen LogP contribution in [-0.2, 0) is 13.1 Å². The Morgan fingerprint density at radius 3 is 2.72 bits per heavy atom. The van der Waals surface area contributed by atoms with Gasteiger partial charge in [0, 0.05) is 37.7 Å². The SMILES string of the molecule is Cc1oc(-c2ccccc2)nc1C(=O)N1CCC(c2nnc3n2CCNC3)CC1. The molecule has 29 heavy (non-hydrogen) atoms. The molecular weight excluding hydrogens is 368 g/mol. The Labute approximate surface area is 168 Å². The van der Waals surface area contributed by atoms with Crippen LogP contribution in [0.5, 0.6) is 0 Å². The summed E-state index contributed by atoms with van der Waals surface area (Å²) in [5.41, 5.74) is 1.28. The van der Waals surface area contributed by atoms with Gasteiger partial charge in [0.05, 0.1) is 6.54 Å². The molecule has 1 fully saturated rings. The van der Waals surface area contributed by atoms with Gasteiger partial charge < -0.3 is 19.2 Å². The molecule has 2 aromatic heterocycles. The highest BCUT2D eigenvalue weighted by Gasteiger charge is 2.31. The maximum absolute atomic E-state index is 13.1. The highest BCUT2D eigenvalue weighted by molar-refractivity contribution is 5.93. The van der Waals surface area contributed by atoms with E-state index < -0.39 is 0 Å². The topological polar surface area (TPSA) is 89.1 Å². The monoisotopic (exact) mass is 392 g/mol. The lowest BCUT2D eigenvalue weighted by atomic mass is 9.95. The number of benzene rings is 1. The van der Waals surface area contributed by atoms with Crippen LogP contribution in [0.4, 0.5) is 0 Å². The predicted molar refractivity (Wildman–Crippen MR) is 106 cm³/mol. The number of amides is 1. The van der Waals surface area contributed by atoms with Gasteiger partial charge in [0.25, 0.3) is 5.91 Å². The van der Waals surface area contributed by atoms with E-state index in [1.807, 2.05) is 35.2 Å². The van der Waals surface area contributed by atoms with Crippen molar-refractivity contribution in [2.24, 2.45) is 0 Å². The summed E-state index contributed by atoms with van der Waals surface area (Å²) in [4.78, 5) is 19.4. The molecule has 1 amide bonds. The fourth-order valence-electron chi connectivity index (χ4n) is 4.21. The minimum Gasteiger partial charge on any atom is -0.441 e. The molecule has 0 atom stereocenters. The van der Waals surface area contributed by atoms with Gasteiger partial charge >= 0.3 is 0 Å². The fourth-order valence-corrected chi connectivity index (χ4v) is 4.21. The Morgan fingerprint density at radius 1 is 1.14 bits per heavy atom. The van der Waals surface area contributed by atoms with E-state index in [-0.39, 0.29) is 5.91 Å². The summed E-state index contributed by atoms with van der Waals surface area (Å²) in [5, 5.41) is 12.1. The van der Waals surface area contributed by atoms with Gasteiger partial charge in [0.15, 0.2) is 5.69 Å². The van der Waals surface area contributed by atoms with Gasteiger partial charge in [-0.2, -0.15) is 0 Å². The molecule has 2 aliphatic heterocycles. The lowest BCUT2D eigenvalue weighted by Gasteiger charge is -2.31. The summed E-state index contributed by atoms with van der Waals surface area (Å²) in [6, 6.07) is 9.67. The van der Waals surface area contributed by atoms with Gasteiger partial charge in [-0.15, -0.1) is 10.2 Å². The quantitative estimate of drug-likeness (QED) is 0.736. The first-order chi connectivity index (χ1) is 14.2. The van der Waals surface area contributed by atoms with Crippen LogP contribution in [0.15, 0.2) is 34.7 Å². The lowest BCUT2D eigenvalue weighted by Crippen LogP contribution is -2.39. The van der Waals surface area contributed by atoms with E-state index in [0.717, 1.165) is 49.7 Å². The summed E-state index contributed by atoms with van der Waals surface area (Å²) in [7, 11) is 0. The number of aryl methyl sites for hydroxylation is 1. The third-order valence-corrected chi connectivity index (χ3v) is 5.82. The Bertz CT molecular complexity index is 1020. The van der Waals surface area contributed by atoms with Crippen LogP contribution in [0.1, 0.15) is 46.7 Å². The average Bonchev–Trinajstić information content (AvgIpc) is 3.38. The van der Waals surface area contributed by atoms with Crippen molar-refractivity contribution in [3.05, 3.63) is 53.4 Å². The van der Waals surface area contributed by atoms with Crippen molar-refractivity contribution in [2.75, 3.05) is 19.6 Å². The molecule has 0 unspecified atom stereocenters. The molecule has 8 heteroatoms. The van der Waals surface area contributed by atoms with Gasteiger partial charge in [0.2, 0.25) is 5.89 Å². The lowest BCUT2D eigenvalue weighted by molar-refractivity contribution is 0.0703. The van der Waals surface area contributed by atoms with Crippen molar-refractivity contribution in [1.29, 1.82) is 0 Å². The number of carbonyl (C=O) groups excluding carboxylic acids is 1. The number of fused-ring (bicyclic) bond motifs is 1. The number of rotatable bonds is 3. The van der Waals surface area contributed by atoms with Gasteiger partial charge in [0.1, 0.15) is 17.4 Å². The van der Waals surface area contributed by atoms with Crippen LogP contribution in [0.2, 0.25) is 0 Å². The molecule has 0 saturated carbocycles. The van der Waals surface area contributed by atoms with E-state index in [9.17, 15) is 4.79 Å². The van der Waals surface area contributed by atoms with Crippen molar-refractivity contribution in [3.8, 4) is 11.5 Å². The van der Waals surface area contributed by atoms with Crippen molar-refractivity contribution >= 4 is 5.91 Å². The molecular formula is C21H24N6O2. The molecule has 3 aromatic rings. The molecule has 0 spiro atoms. The highest BCUT2D eigenvalue weighted by atomic mass is 16.4. The number of oxazole rings is 1. The molecule has 1 N–H and O–H groups in total. The number of likely N-dealkylation sites (tertiary alicyclic amines) is 1. The number of nitrogens with one attached hydrogen (secondary N) is 1. The number of hydrogen-bond donors (Lipinski definition) is 1. The van der Waals surface area contributed by atoms with Crippen LogP contribution in [-0.4, -0.2) is 50.2 Å². The summed E-state index contributed by atoms with van der Waals surface area (Å²) in [6.45, 7) is 5.82. The van der Waals surface area contributed by atoms with E-state index in [2.05, 4.69) is 25.1 Å². The van der Waals surface area contributed by atoms with Crippen molar-refractivity contribution in [3.63, 3.8) is 0 Å². The van der Waals surface area contributed by atoms with Crippen LogP contribution in [0.25, 0.3) is 11.5 Å².